The molecule has 0 aliphatic heterocycles. The molecule has 0 saturated heterocycles. The average molecular weight is 389 g/mol. The van der Waals surface area contributed by atoms with E-state index in [-0.39, 0.29) is 0 Å². The molecule has 162 valence electrons. The topological polar surface area (TPSA) is 20.2 Å². The van der Waals surface area contributed by atoms with Gasteiger partial charge in [-0.2, -0.15) is 0 Å². The second-order valence-corrected chi connectivity index (χ2v) is 9.08. The van der Waals surface area contributed by atoms with Gasteiger partial charge in [-0.25, -0.2) is 0 Å². The Balaban J connectivity index is 2.83. The van der Waals surface area contributed by atoms with Gasteiger partial charge in [0.25, 0.3) is 0 Å². The molecule has 0 bridgehead atoms. The van der Waals surface area contributed by atoms with Crippen molar-refractivity contribution in [2.24, 2.45) is 0 Å². The second kappa shape index (κ2) is 14.9. The highest BCUT2D eigenvalue weighted by molar-refractivity contribution is 5.47. The fraction of sp³-hybridized carbons (Fsp3) is 0.778. The summed E-state index contributed by atoms with van der Waals surface area (Å²) in [6.07, 6.45) is 17.9. The van der Waals surface area contributed by atoms with Gasteiger partial charge in [0.15, 0.2) is 0 Å². The molecular formula is C27H48O. The van der Waals surface area contributed by atoms with Crippen LogP contribution in [0.25, 0.3) is 0 Å². The Labute approximate surface area is 176 Å². The fourth-order valence-electron chi connectivity index (χ4n) is 4.26. The summed E-state index contributed by atoms with van der Waals surface area (Å²) in [6, 6.07) is 4.64. The summed E-state index contributed by atoms with van der Waals surface area (Å²) in [5.41, 5.74) is 3.85. The first-order chi connectivity index (χ1) is 13.5. The average Bonchev–Trinajstić information content (AvgIpc) is 2.70. The molecule has 1 heteroatoms. The van der Waals surface area contributed by atoms with Crippen LogP contribution in [0.2, 0.25) is 0 Å². The van der Waals surface area contributed by atoms with Gasteiger partial charge < -0.3 is 5.11 Å². The highest BCUT2D eigenvalue weighted by Gasteiger charge is 2.18. The van der Waals surface area contributed by atoms with Crippen LogP contribution < -0.4 is 0 Å². The maximum atomic E-state index is 11.0. The van der Waals surface area contributed by atoms with Gasteiger partial charge in [0.1, 0.15) is 5.75 Å². The number of aromatic hydroxyl groups is 1. The molecule has 0 aromatic heterocycles. The Morgan fingerprint density at radius 1 is 0.643 bits per heavy atom. The van der Waals surface area contributed by atoms with Crippen LogP contribution in [0.1, 0.15) is 147 Å². The Morgan fingerprint density at radius 3 is 1.54 bits per heavy atom. The highest BCUT2D eigenvalue weighted by atomic mass is 16.3. The van der Waals surface area contributed by atoms with E-state index >= 15 is 0 Å². The lowest BCUT2D eigenvalue weighted by Crippen LogP contribution is -2.03. The van der Waals surface area contributed by atoms with Crippen molar-refractivity contribution in [2.75, 3.05) is 0 Å². The molecule has 0 amide bonds. The zero-order chi connectivity index (χ0) is 20.8. The predicted octanol–water partition coefficient (Wildman–Crippen LogP) is 9.27. The van der Waals surface area contributed by atoms with Gasteiger partial charge in [0.2, 0.25) is 0 Å². The van der Waals surface area contributed by atoms with Crippen molar-refractivity contribution in [3.8, 4) is 5.75 Å². The van der Waals surface area contributed by atoms with Crippen molar-refractivity contribution in [1.29, 1.82) is 0 Å². The number of hydrogen-bond donors (Lipinski definition) is 1. The highest BCUT2D eigenvalue weighted by Crippen LogP contribution is 2.38. The third kappa shape index (κ3) is 9.01. The lowest BCUT2D eigenvalue weighted by Gasteiger charge is -2.21. The minimum absolute atomic E-state index is 0.450. The Bertz CT molecular complexity index is 484. The van der Waals surface area contributed by atoms with Gasteiger partial charge in [-0.15, -0.1) is 0 Å². The molecule has 0 heterocycles. The first-order valence-electron chi connectivity index (χ1n) is 12.4. The molecule has 1 nitrogen and oxygen atoms in total. The van der Waals surface area contributed by atoms with Gasteiger partial charge in [-0.05, 0) is 54.2 Å². The number of phenolic OH excluding ortho intramolecular Hbond substituents is 1. The van der Waals surface area contributed by atoms with Gasteiger partial charge in [-0.3, -0.25) is 0 Å². The molecular weight excluding hydrogens is 340 g/mol. The summed E-state index contributed by atoms with van der Waals surface area (Å²) in [5.74, 6) is 1.49. The predicted molar refractivity (Wildman–Crippen MR) is 126 cm³/mol. The smallest absolute Gasteiger partial charge is 0.122 e. The summed E-state index contributed by atoms with van der Waals surface area (Å²) >= 11 is 0. The van der Waals surface area contributed by atoms with Crippen molar-refractivity contribution in [3.63, 3.8) is 0 Å². The number of rotatable bonds is 16. The summed E-state index contributed by atoms with van der Waals surface area (Å²) in [5, 5.41) is 11.0. The first-order valence-corrected chi connectivity index (χ1v) is 12.4. The summed E-state index contributed by atoms with van der Waals surface area (Å²) in [6.45, 7) is 11.4. The Hall–Kier alpha value is -0.980. The largest absolute Gasteiger partial charge is 0.507 e. The maximum absolute atomic E-state index is 11.0. The van der Waals surface area contributed by atoms with Crippen LogP contribution in [0.4, 0.5) is 0 Å². The number of unbranched alkanes of at least 4 members (excludes halogenated alkanes) is 8. The minimum atomic E-state index is 0.450. The van der Waals surface area contributed by atoms with E-state index in [1.165, 1.54) is 100 Å². The van der Waals surface area contributed by atoms with Crippen LogP contribution in [-0.4, -0.2) is 5.11 Å². The molecule has 1 aromatic rings. The molecule has 1 aromatic carbocycles. The van der Waals surface area contributed by atoms with Crippen LogP contribution in [0.5, 0.6) is 5.75 Å². The van der Waals surface area contributed by atoms with Gasteiger partial charge >= 0.3 is 0 Å². The zero-order valence-electron chi connectivity index (χ0n) is 19.7. The van der Waals surface area contributed by atoms with Crippen molar-refractivity contribution >= 4 is 0 Å². The summed E-state index contributed by atoms with van der Waals surface area (Å²) < 4.78 is 0. The van der Waals surface area contributed by atoms with E-state index in [0.29, 0.717) is 17.6 Å². The number of phenols is 1. The maximum Gasteiger partial charge on any atom is 0.122 e. The van der Waals surface area contributed by atoms with E-state index < -0.39 is 0 Å². The SMILES string of the molecule is CCCCCCCCCc1cc(C(C)CCCC)c(O)c(C(C)CCCC)c1. The van der Waals surface area contributed by atoms with E-state index in [1.54, 1.807) is 0 Å². The van der Waals surface area contributed by atoms with Gasteiger partial charge in [0.05, 0.1) is 0 Å². The van der Waals surface area contributed by atoms with Crippen LogP contribution in [0, 0.1) is 0 Å². The Morgan fingerprint density at radius 2 is 1.07 bits per heavy atom. The monoisotopic (exact) mass is 388 g/mol. The van der Waals surface area contributed by atoms with E-state index in [1.807, 2.05) is 0 Å². The molecule has 2 atom stereocenters. The van der Waals surface area contributed by atoms with Crippen LogP contribution in [0.3, 0.4) is 0 Å². The van der Waals surface area contributed by atoms with Crippen molar-refractivity contribution in [1.82, 2.24) is 0 Å². The zero-order valence-corrected chi connectivity index (χ0v) is 19.7. The number of aryl methyl sites for hydroxylation is 1. The number of hydrogen-bond acceptors (Lipinski definition) is 1. The minimum Gasteiger partial charge on any atom is -0.507 e. The lowest BCUT2D eigenvalue weighted by molar-refractivity contribution is 0.443. The molecule has 0 radical (unpaired) electrons. The molecule has 0 spiro atoms. The normalized spacial score (nSPS) is 13.6. The molecule has 0 aliphatic carbocycles. The third-order valence-electron chi connectivity index (χ3n) is 6.34. The van der Waals surface area contributed by atoms with Gasteiger partial charge in [0, 0.05) is 0 Å². The molecule has 28 heavy (non-hydrogen) atoms. The first kappa shape index (κ1) is 25.1. The second-order valence-electron chi connectivity index (χ2n) is 9.08. The van der Waals surface area contributed by atoms with Crippen molar-refractivity contribution < 1.29 is 5.11 Å². The summed E-state index contributed by atoms with van der Waals surface area (Å²) in [7, 11) is 0. The van der Waals surface area contributed by atoms with Crippen LogP contribution in [0.15, 0.2) is 12.1 Å². The van der Waals surface area contributed by atoms with E-state index in [2.05, 4.69) is 46.8 Å². The van der Waals surface area contributed by atoms with Crippen molar-refractivity contribution in [3.05, 3.63) is 28.8 Å². The molecule has 0 aliphatic rings. The van der Waals surface area contributed by atoms with E-state index in [9.17, 15) is 5.11 Å². The molecule has 0 saturated carbocycles. The van der Waals surface area contributed by atoms with Crippen LogP contribution >= 0.6 is 0 Å². The quantitative estimate of drug-likeness (QED) is 0.280. The van der Waals surface area contributed by atoms with Gasteiger partial charge in [-0.1, -0.05) is 111 Å². The molecule has 1 N–H and O–H groups in total. The summed E-state index contributed by atoms with van der Waals surface area (Å²) in [4.78, 5) is 0. The lowest BCUT2D eigenvalue weighted by atomic mass is 9.85. The molecule has 2 unspecified atom stereocenters. The van der Waals surface area contributed by atoms with Crippen LogP contribution in [-0.2, 0) is 6.42 Å². The molecule has 1 rings (SSSR count). The van der Waals surface area contributed by atoms with E-state index in [4.69, 9.17) is 0 Å². The standard InChI is InChI=1S/C27H48O/c1-6-9-12-13-14-15-16-19-24-20-25(22(4)17-10-7-2)27(28)26(21-24)23(5)18-11-8-3/h20-23,28H,6-19H2,1-5H3. The third-order valence-corrected chi connectivity index (χ3v) is 6.34. The van der Waals surface area contributed by atoms with Crippen molar-refractivity contribution in [2.45, 2.75) is 136 Å². The fourth-order valence-corrected chi connectivity index (χ4v) is 4.26. The number of benzene rings is 1. The molecule has 0 fully saturated rings. The Kier molecular flexibility index (Phi) is 13.4. The van der Waals surface area contributed by atoms with E-state index in [0.717, 1.165) is 6.42 Å².